The van der Waals surface area contributed by atoms with E-state index in [9.17, 15) is 13.2 Å². The number of nitrogen functional groups attached to an aromatic ring is 1. The number of nitrogens with two attached hydrogens (primary N) is 1. The van der Waals surface area contributed by atoms with Crippen LogP contribution in [0, 0.1) is 0 Å². The molecule has 86 valence electrons. The molecule has 1 heterocycles. The molecule has 5 nitrogen and oxygen atoms in total. The predicted molar refractivity (Wildman–Crippen MR) is 49.4 cm³/mol. The van der Waals surface area contributed by atoms with Crippen LogP contribution in [0.1, 0.15) is 13.3 Å². The molecule has 1 aromatic heterocycles. The molecule has 0 amide bonds. The van der Waals surface area contributed by atoms with Gasteiger partial charge in [-0.05, 0) is 6.42 Å². The van der Waals surface area contributed by atoms with Gasteiger partial charge in [0.15, 0.2) is 0 Å². The maximum absolute atomic E-state index is 12.2. The number of aromatic nitrogens is 3. The van der Waals surface area contributed by atoms with Crippen LogP contribution < -0.4 is 10.6 Å². The number of alkyl halides is 3. The van der Waals surface area contributed by atoms with Crippen molar-refractivity contribution >= 4 is 11.9 Å². The summed E-state index contributed by atoms with van der Waals surface area (Å²) in [5.41, 5.74) is 5.24. The third kappa shape index (κ3) is 3.64. The largest absolute Gasteiger partial charge is 0.406 e. The Balaban J connectivity index is 2.74. The molecule has 0 fully saturated rings. The molecule has 0 saturated carbocycles. The monoisotopic (exact) mass is 223 g/mol. The van der Waals surface area contributed by atoms with Crippen LogP contribution in [0.25, 0.3) is 0 Å². The van der Waals surface area contributed by atoms with E-state index >= 15 is 0 Å². The van der Waals surface area contributed by atoms with Gasteiger partial charge in [0.2, 0.25) is 11.9 Å². The van der Waals surface area contributed by atoms with Gasteiger partial charge in [0.1, 0.15) is 6.54 Å². The summed E-state index contributed by atoms with van der Waals surface area (Å²) in [6.45, 7) is 0.939. The Bertz CT molecular complexity index is 308. The van der Waals surface area contributed by atoms with Crippen molar-refractivity contribution in [1.82, 2.24) is 15.2 Å². The number of H-pyrrole nitrogens is 1. The van der Waals surface area contributed by atoms with E-state index in [-0.39, 0.29) is 18.4 Å². The second-order valence-corrected chi connectivity index (χ2v) is 3.06. The van der Waals surface area contributed by atoms with E-state index in [0.29, 0.717) is 6.42 Å². The van der Waals surface area contributed by atoms with Crippen LogP contribution in [0.5, 0.6) is 0 Å². The maximum atomic E-state index is 12.2. The molecule has 0 spiro atoms. The van der Waals surface area contributed by atoms with Crippen LogP contribution in [0.4, 0.5) is 25.1 Å². The lowest BCUT2D eigenvalue weighted by Gasteiger charge is -2.21. The third-order valence-electron chi connectivity index (χ3n) is 1.64. The van der Waals surface area contributed by atoms with Crippen LogP contribution in [0.3, 0.4) is 0 Å². The topological polar surface area (TPSA) is 70.8 Å². The van der Waals surface area contributed by atoms with Crippen molar-refractivity contribution in [3.05, 3.63) is 0 Å². The number of nitrogens with one attached hydrogen (secondary N) is 1. The van der Waals surface area contributed by atoms with E-state index in [1.165, 1.54) is 0 Å². The zero-order valence-electron chi connectivity index (χ0n) is 8.17. The van der Waals surface area contributed by atoms with Crippen LogP contribution in [-0.4, -0.2) is 34.4 Å². The fraction of sp³-hybridized carbons (Fsp3) is 0.714. The fourth-order valence-corrected chi connectivity index (χ4v) is 1.14. The normalized spacial score (nSPS) is 11.7. The quantitative estimate of drug-likeness (QED) is 0.803. The molecule has 0 bridgehead atoms. The first kappa shape index (κ1) is 11.6. The van der Waals surface area contributed by atoms with Gasteiger partial charge < -0.3 is 10.6 Å². The summed E-state index contributed by atoms with van der Waals surface area (Å²) >= 11 is 0. The molecule has 0 aliphatic carbocycles. The molecule has 0 saturated heterocycles. The summed E-state index contributed by atoms with van der Waals surface area (Å²) in [5.74, 6) is -0.0139. The van der Waals surface area contributed by atoms with Crippen LogP contribution >= 0.6 is 0 Å². The molecule has 15 heavy (non-hydrogen) atoms. The second kappa shape index (κ2) is 4.37. The van der Waals surface area contributed by atoms with Gasteiger partial charge in [-0.2, -0.15) is 18.2 Å². The highest BCUT2D eigenvalue weighted by molar-refractivity contribution is 5.33. The number of nitrogens with zero attached hydrogens (tertiary/aromatic N) is 3. The zero-order valence-corrected chi connectivity index (χ0v) is 8.17. The first-order valence-corrected chi connectivity index (χ1v) is 4.42. The minimum Gasteiger partial charge on any atom is -0.368 e. The van der Waals surface area contributed by atoms with E-state index in [0.717, 1.165) is 4.90 Å². The molecule has 1 rings (SSSR count). The molecular formula is C7H12F3N5. The molecule has 0 atom stereocenters. The molecular weight excluding hydrogens is 211 g/mol. The van der Waals surface area contributed by atoms with Gasteiger partial charge in [0.25, 0.3) is 0 Å². The number of rotatable bonds is 4. The summed E-state index contributed by atoms with van der Waals surface area (Å²) in [6, 6.07) is 0. The molecule has 3 N–H and O–H groups in total. The van der Waals surface area contributed by atoms with Gasteiger partial charge in [-0.3, -0.25) is 0 Å². The third-order valence-corrected chi connectivity index (χ3v) is 1.64. The summed E-state index contributed by atoms with van der Waals surface area (Å²) in [6.07, 6.45) is -3.70. The van der Waals surface area contributed by atoms with Crippen molar-refractivity contribution in [2.24, 2.45) is 0 Å². The minimum atomic E-state index is -4.27. The zero-order chi connectivity index (χ0) is 11.5. The van der Waals surface area contributed by atoms with Crippen molar-refractivity contribution in [3.63, 3.8) is 0 Å². The average molecular weight is 223 g/mol. The fourth-order valence-electron chi connectivity index (χ4n) is 1.14. The summed E-state index contributed by atoms with van der Waals surface area (Å²) in [4.78, 5) is 4.69. The van der Waals surface area contributed by atoms with Gasteiger partial charge in [-0.25, -0.2) is 5.10 Å². The molecule has 0 aromatic carbocycles. The molecule has 0 radical (unpaired) electrons. The average Bonchev–Trinajstić information content (AvgIpc) is 2.48. The first-order valence-electron chi connectivity index (χ1n) is 4.42. The second-order valence-electron chi connectivity index (χ2n) is 3.06. The Morgan fingerprint density at radius 3 is 2.53 bits per heavy atom. The smallest absolute Gasteiger partial charge is 0.368 e. The molecule has 1 aromatic rings. The van der Waals surface area contributed by atoms with Crippen LogP contribution in [0.2, 0.25) is 0 Å². The Kier molecular flexibility index (Phi) is 3.38. The SMILES string of the molecule is CCCN(CC(F)(F)F)c1n[nH]c(N)n1. The highest BCUT2D eigenvalue weighted by atomic mass is 19.4. The van der Waals surface area contributed by atoms with Crippen LogP contribution in [-0.2, 0) is 0 Å². The number of aromatic amines is 1. The minimum absolute atomic E-state index is 0.00766. The van der Waals surface area contributed by atoms with E-state index < -0.39 is 12.7 Å². The predicted octanol–water partition coefficient (Wildman–Crippen LogP) is 1.17. The van der Waals surface area contributed by atoms with Crippen molar-refractivity contribution in [2.75, 3.05) is 23.7 Å². The lowest BCUT2D eigenvalue weighted by atomic mass is 10.4. The van der Waals surface area contributed by atoms with E-state index in [2.05, 4.69) is 15.2 Å². The number of halogens is 3. The van der Waals surface area contributed by atoms with E-state index in [1.807, 2.05) is 0 Å². The van der Waals surface area contributed by atoms with Gasteiger partial charge in [0, 0.05) is 6.54 Å². The molecule has 8 heteroatoms. The van der Waals surface area contributed by atoms with Crippen molar-refractivity contribution < 1.29 is 13.2 Å². The Morgan fingerprint density at radius 2 is 2.13 bits per heavy atom. The highest BCUT2D eigenvalue weighted by Crippen LogP contribution is 2.19. The van der Waals surface area contributed by atoms with Gasteiger partial charge in [0.05, 0.1) is 0 Å². The highest BCUT2D eigenvalue weighted by Gasteiger charge is 2.31. The van der Waals surface area contributed by atoms with Crippen LogP contribution in [0.15, 0.2) is 0 Å². The van der Waals surface area contributed by atoms with Gasteiger partial charge in [-0.15, -0.1) is 5.10 Å². The molecule has 0 aliphatic heterocycles. The van der Waals surface area contributed by atoms with Crippen molar-refractivity contribution in [2.45, 2.75) is 19.5 Å². The maximum Gasteiger partial charge on any atom is 0.406 e. The Labute approximate surface area is 84.5 Å². The molecule has 0 unspecified atom stereocenters. The number of hydrogen-bond donors (Lipinski definition) is 2. The first-order chi connectivity index (χ1) is 6.92. The molecule has 0 aliphatic rings. The van der Waals surface area contributed by atoms with E-state index in [1.54, 1.807) is 6.92 Å². The standard InChI is InChI=1S/C7H12F3N5/c1-2-3-15(4-7(8,9)10)6-12-5(11)13-14-6/h2-4H2,1H3,(H3,11,12,13,14). The van der Waals surface area contributed by atoms with Crippen molar-refractivity contribution in [3.8, 4) is 0 Å². The van der Waals surface area contributed by atoms with Gasteiger partial charge >= 0.3 is 6.18 Å². The van der Waals surface area contributed by atoms with Crippen molar-refractivity contribution in [1.29, 1.82) is 0 Å². The summed E-state index contributed by atoms with van der Waals surface area (Å²) < 4.78 is 36.5. The summed E-state index contributed by atoms with van der Waals surface area (Å²) in [5, 5.41) is 5.88. The van der Waals surface area contributed by atoms with E-state index in [4.69, 9.17) is 5.73 Å². The lowest BCUT2D eigenvalue weighted by molar-refractivity contribution is -0.119. The summed E-state index contributed by atoms with van der Waals surface area (Å²) in [7, 11) is 0. The lowest BCUT2D eigenvalue weighted by Crippen LogP contribution is -2.35. The Morgan fingerprint density at radius 1 is 1.47 bits per heavy atom. The Hall–Kier alpha value is -1.47. The number of hydrogen-bond acceptors (Lipinski definition) is 4. The van der Waals surface area contributed by atoms with Gasteiger partial charge in [-0.1, -0.05) is 6.92 Å². The number of anilines is 2.